The molecular weight excluding hydrogens is 306 g/mol. The van der Waals surface area contributed by atoms with Crippen LogP contribution in [0.15, 0.2) is 0 Å². The second kappa shape index (κ2) is 6.57. The summed E-state index contributed by atoms with van der Waals surface area (Å²) in [5.41, 5.74) is -0.110. The molecule has 9 heteroatoms. The summed E-state index contributed by atoms with van der Waals surface area (Å²) in [6.07, 6.45) is 0. The van der Waals surface area contributed by atoms with Gasteiger partial charge in [0.25, 0.3) is 0 Å². The van der Waals surface area contributed by atoms with Gasteiger partial charge in [0, 0.05) is 19.1 Å². The zero-order chi connectivity index (χ0) is 16.3. The van der Waals surface area contributed by atoms with E-state index in [0.717, 1.165) is 5.01 Å². The number of rotatable bonds is 4. The first-order chi connectivity index (χ1) is 10.3. The standard InChI is InChI=1S/C13H21N5O3S/c1-13(2,3)10-15-16-11(22-10)14-12(20)18-7-9(19)17(8-18)5-6-21-4/h5-8H2,1-4H3,(H,14,16,20). The predicted molar refractivity (Wildman–Crippen MR) is 82.8 cm³/mol. The van der Waals surface area contributed by atoms with E-state index in [1.165, 1.54) is 16.2 Å². The Labute approximate surface area is 133 Å². The van der Waals surface area contributed by atoms with E-state index in [1.807, 2.05) is 20.8 Å². The fourth-order valence-electron chi connectivity index (χ4n) is 1.88. The van der Waals surface area contributed by atoms with E-state index in [-0.39, 0.29) is 30.6 Å². The first kappa shape index (κ1) is 16.6. The molecule has 0 atom stereocenters. The van der Waals surface area contributed by atoms with Gasteiger partial charge in [0.1, 0.15) is 11.6 Å². The van der Waals surface area contributed by atoms with Gasteiger partial charge < -0.3 is 9.64 Å². The van der Waals surface area contributed by atoms with Gasteiger partial charge in [-0.25, -0.2) is 4.79 Å². The lowest BCUT2D eigenvalue weighted by atomic mass is 9.98. The van der Waals surface area contributed by atoms with Crippen molar-refractivity contribution >= 4 is 28.4 Å². The van der Waals surface area contributed by atoms with E-state index >= 15 is 0 Å². The van der Waals surface area contributed by atoms with E-state index in [4.69, 9.17) is 4.74 Å². The number of aromatic nitrogens is 2. The van der Waals surface area contributed by atoms with Gasteiger partial charge in [-0.1, -0.05) is 32.1 Å². The highest BCUT2D eigenvalue weighted by Crippen LogP contribution is 2.27. The number of amides is 3. The monoisotopic (exact) mass is 327 g/mol. The Morgan fingerprint density at radius 1 is 1.41 bits per heavy atom. The number of carbonyl (C=O) groups is 2. The Kier molecular flexibility index (Phi) is 4.97. The van der Waals surface area contributed by atoms with Crippen LogP contribution in [0.25, 0.3) is 0 Å². The average Bonchev–Trinajstić information content (AvgIpc) is 3.03. The molecule has 1 aliphatic heterocycles. The van der Waals surface area contributed by atoms with Crippen LogP contribution in [0.3, 0.4) is 0 Å². The van der Waals surface area contributed by atoms with Crippen molar-refractivity contribution < 1.29 is 14.3 Å². The summed E-state index contributed by atoms with van der Waals surface area (Å²) >= 11 is 1.34. The van der Waals surface area contributed by atoms with Gasteiger partial charge in [-0.05, 0) is 0 Å². The van der Waals surface area contributed by atoms with Crippen molar-refractivity contribution in [3.63, 3.8) is 0 Å². The third kappa shape index (κ3) is 3.92. The van der Waals surface area contributed by atoms with Crippen molar-refractivity contribution in [2.45, 2.75) is 26.2 Å². The molecule has 3 amide bonds. The van der Waals surface area contributed by atoms with Gasteiger partial charge in [0.05, 0.1) is 13.3 Å². The smallest absolute Gasteiger partial charge is 0.325 e. The zero-order valence-corrected chi connectivity index (χ0v) is 14.1. The Hall–Kier alpha value is -1.74. The van der Waals surface area contributed by atoms with Crippen molar-refractivity contribution in [2.24, 2.45) is 0 Å². The first-order valence-corrected chi connectivity index (χ1v) is 7.79. The second-order valence-electron chi connectivity index (χ2n) is 6.08. The Balaban J connectivity index is 1.93. The lowest BCUT2D eigenvalue weighted by molar-refractivity contribution is -0.127. The Bertz CT molecular complexity index is 554. The normalized spacial score (nSPS) is 15.5. The largest absolute Gasteiger partial charge is 0.383 e. The lowest BCUT2D eigenvalue weighted by Gasteiger charge is -2.17. The maximum atomic E-state index is 12.2. The molecule has 2 rings (SSSR count). The molecule has 0 aliphatic carbocycles. The summed E-state index contributed by atoms with van der Waals surface area (Å²) in [7, 11) is 1.58. The number of nitrogens with one attached hydrogen (secondary N) is 1. The summed E-state index contributed by atoms with van der Waals surface area (Å²) in [6, 6.07) is -0.343. The topological polar surface area (TPSA) is 87.7 Å². The number of anilines is 1. The van der Waals surface area contributed by atoms with Crippen molar-refractivity contribution in [2.75, 3.05) is 38.8 Å². The van der Waals surface area contributed by atoms with E-state index in [1.54, 1.807) is 12.0 Å². The number of hydrogen-bond acceptors (Lipinski definition) is 6. The summed E-state index contributed by atoms with van der Waals surface area (Å²) in [6.45, 7) is 7.36. The first-order valence-electron chi connectivity index (χ1n) is 6.98. The summed E-state index contributed by atoms with van der Waals surface area (Å²) in [5.74, 6) is -0.0835. The van der Waals surface area contributed by atoms with Crippen LogP contribution in [0.4, 0.5) is 9.93 Å². The number of hydrogen-bond donors (Lipinski definition) is 1. The van der Waals surface area contributed by atoms with Crippen LogP contribution < -0.4 is 5.32 Å². The minimum absolute atomic E-state index is 0.0699. The quantitative estimate of drug-likeness (QED) is 0.895. The van der Waals surface area contributed by atoms with Gasteiger partial charge in [0.2, 0.25) is 11.0 Å². The minimum Gasteiger partial charge on any atom is -0.383 e. The molecule has 1 fully saturated rings. The van der Waals surface area contributed by atoms with Crippen molar-refractivity contribution in [3.8, 4) is 0 Å². The SMILES string of the molecule is COCCN1CN(C(=O)Nc2nnc(C(C)(C)C)s2)CC1=O. The molecule has 0 unspecified atom stereocenters. The van der Waals surface area contributed by atoms with Crippen molar-refractivity contribution in [3.05, 3.63) is 5.01 Å². The van der Waals surface area contributed by atoms with E-state index in [0.29, 0.717) is 18.3 Å². The number of methoxy groups -OCH3 is 1. The molecule has 122 valence electrons. The van der Waals surface area contributed by atoms with E-state index < -0.39 is 0 Å². The Morgan fingerprint density at radius 3 is 2.73 bits per heavy atom. The highest BCUT2D eigenvalue weighted by Gasteiger charge is 2.31. The summed E-state index contributed by atoms with van der Waals surface area (Å²) in [4.78, 5) is 27.0. The maximum absolute atomic E-state index is 12.2. The van der Waals surface area contributed by atoms with Gasteiger partial charge >= 0.3 is 6.03 Å². The molecule has 1 aromatic rings. The van der Waals surface area contributed by atoms with Crippen LogP contribution >= 0.6 is 11.3 Å². The Morgan fingerprint density at radius 2 is 2.14 bits per heavy atom. The molecule has 0 spiro atoms. The fraction of sp³-hybridized carbons (Fsp3) is 0.692. The second-order valence-corrected chi connectivity index (χ2v) is 7.06. The fourth-order valence-corrected chi connectivity index (χ4v) is 2.67. The van der Waals surface area contributed by atoms with Crippen LogP contribution in [0.1, 0.15) is 25.8 Å². The molecule has 0 radical (unpaired) electrons. The average molecular weight is 327 g/mol. The third-order valence-electron chi connectivity index (χ3n) is 3.15. The van der Waals surface area contributed by atoms with Crippen LogP contribution in [-0.4, -0.2) is 65.4 Å². The maximum Gasteiger partial charge on any atom is 0.325 e. The molecule has 8 nitrogen and oxygen atoms in total. The van der Waals surface area contributed by atoms with Gasteiger partial charge in [-0.15, -0.1) is 10.2 Å². The number of carbonyl (C=O) groups excluding carboxylic acids is 2. The van der Waals surface area contributed by atoms with Gasteiger partial charge in [-0.2, -0.15) is 0 Å². The van der Waals surface area contributed by atoms with E-state index in [9.17, 15) is 9.59 Å². The molecule has 0 saturated carbocycles. The van der Waals surface area contributed by atoms with Crippen LogP contribution in [0.2, 0.25) is 0 Å². The van der Waals surface area contributed by atoms with E-state index in [2.05, 4.69) is 15.5 Å². The van der Waals surface area contributed by atoms with Crippen LogP contribution in [-0.2, 0) is 14.9 Å². The molecule has 1 N–H and O–H groups in total. The lowest BCUT2D eigenvalue weighted by Crippen LogP contribution is -2.35. The molecule has 0 aromatic carbocycles. The molecular formula is C13H21N5O3S. The summed E-state index contributed by atoms with van der Waals surface area (Å²) < 4.78 is 4.95. The minimum atomic E-state index is -0.343. The molecule has 2 heterocycles. The molecule has 1 saturated heterocycles. The van der Waals surface area contributed by atoms with Crippen molar-refractivity contribution in [1.29, 1.82) is 0 Å². The summed E-state index contributed by atoms with van der Waals surface area (Å²) in [5, 5.41) is 12.0. The number of urea groups is 1. The number of ether oxygens (including phenoxy) is 1. The molecule has 0 bridgehead atoms. The highest BCUT2D eigenvalue weighted by molar-refractivity contribution is 7.15. The zero-order valence-electron chi connectivity index (χ0n) is 13.3. The van der Waals surface area contributed by atoms with Crippen molar-refractivity contribution in [1.82, 2.24) is 20.0 Å². The number of nitrogens with zero attached hydrogens (tertiary/aromatic N) is 4. The van der Waals surface area contributed by atoms with Gasteiger partial charge in [-0.3, -0.25) is 15.0 Å². The van der Waals surface area contributed by atoms with Gasteiger partial charge in [0.15, 0.2) is 0 Å². The molecule has 1 aromatic heterocycles. The van der Waals surface area contributed by atoms with Crippen LogP contribution in [0, 0.1) is 0 Å². The molecule has 1 aliphatic rings. The predicted octanol–water partition coefficient (Wildman–Crippen LogP) is 1.12. The van der Waals surface area contributed by atoms with Crippen LogP contribution in [0.5, 0.6) is 0 Å². The highest BCUT2D eigenvalue weighted by atomic mass is 32.1. The third-order valence-corrected chi connectivity index (χ3v) is 4.42. The molecule has 22 heavy (non-hydrogen) atoms.